The molecule has 1 amide bonds. The van der Waals surface area contributed by atoms with Crippen molar-refractivity contribution in [3.8, 4) is 0 Å². The Balaban J connectivity index is 2.16. The molecule has 0 fully saturated rings. The third-order valence-corrected chi connectivity index (χ3v) is 3.25. The second-order valence-corrected chi connectivity index (χ2v) is 6.24. The van der Waals surface area contributed by atoms with Crippen molar-refractivity contribution >= 4 is 18.3 Å². The molecule has 0 radical (unpaired) electrons. The molecule has 0 saturated heterocycles. The Morgan fingerprint density at radius 1 is 1.25 bits per heavy atom. The highest BCUT2D eigenvalue weighted by molar-refractivity contribution is 7.71. The van der Waals surface area contributed by atoms with Gasteiger partial charge < -0.3 is 14.6 Å². The number of H-pyrrole nitrogens is 2. The van der Waals surface area contributed by atoms with E-state index in [9.17, 15) is 9.59 Å². The Bertz CT molecular complexity index is 627. The maximum atomic E-state index is 12.1. The minimum Gasteiger partial charge on any atom is -0.444 e. The molecule has 2 N–H and O–H groups in total. The fraction of sp³-hybridized carbons (Fsp3) is 0.615. The monoisotopic (exact) mass is 297 g/mol. The van der Waals surface area contributed by atoms with E-state index in [0.29, 0.717) is 36.3 Å². The van der Waals surface area contributed by atoms with Crippen LogP contribution < -0.4 is 5.56 Å². The predicted octanol–water partition coefficient (Wildman–Crippen LogP) is 1.77. The Morgan fingerprint density at radius 2 is 1.90 bits per heavy atom. The third kappa shape index (κ3) is 3.47. The lowest BCUT2D eigenvalue weighted by molar-refractivity contribution is 0.0258. The minimum atomic E-state index is -0.520. The van der Waals surface area contributed by atoms with Gasteiger partial charge in [0.2, 0.25) is 0 Å². The predicted molar refractivity (Wildman–Crippen MR) is 77.5 cm³/mol. The Morgan fingerprint density at radius 3 is 2.55 bits per heavy atom. The number of nitrogens with zero attached hydrogens (tertiary/aromatic N) is 1. The second kappa shape index (κ2) is 5.40. The highest BCUT2D eigenvalue weighted by Crippen LogP contribution is 2.14. The average molecular weight is 297 g/mol. The molecule has 2 heterocycles. The van der Waals surface area contributed by atoms with Gasteiger partial charge in [0, 0.05) is 30.8 Å². The van der Waals surface area contributed by atoms with E-state index in [1.807, 2.05) is 20.8 Å². The molecule has 0 aliphatic carbocycles. The van der Waals surface area contributed by atoms with E-state index in [2.05, 4.69) is 9.97 Å². The van der Waals surface area contributed by atoms with Gasteiger partial charge >= 0.3 is 6.09 Å². The van der Waals surface area contributed by atoms with Crippen molar-refractivity contribution in [2.24, 2.45) is 0 Å². The lowest BCUT2D eigenvalue weighted by Crippen LogP contribution is -2.38. The van der Waals surface area contributed by atoms with Gasteiger partial charge in [-0.15, -0.1) is 0 Å². The molecule has 20 heavy (non-hydrogen) atoms. The number of amides is 1. The highest BCUT2D eigenvalue weighted by atomic mass is 32.1. The van der Waals surface area contributed by atoms with Crippen molar-refractivity contribution in [3.63, 3.8) is 0 Å². The smallest absolute Gasteiger partial charge is 0.410 e. The van der Waals surface area contributed by atoms with Crippen LogP contribution in [0.3, 0.4) is 0 Å². The van der Waals surface area contributed by atoms with E-state index in [-0.39, 0.29) is 11.7 Å². The van der Waals surface area contributed by atoms with Gasteiger partial charge in [-0.05, 0) is 39.4 Å². The van der Waals surface area contributed by atoms with Crippen LogP contribution in [0.4, 0.5) is 4.79 Å². The van der Waals surface area contributed by atoms with Crippen LogP contribution in [-0.2, 0) is 17.6 Å². The zero-order chi connectivity index (χ0) is 14.9. The summed E-state index contributed by atoms with van der Waals surface area (Å²) in [5.74, 6) is 0. The molecule has 0 atom stereocenters. The largest absolute Gasteiger partial charge is 0.444 e. The van der Waals surface area contributed by atoms with Crippen molar-refractivity contribution in [3.05, 3.63) is 26.4 Å². The maximum Gasteiger partial charge on any atom is 0.410 e. The van der Waals surface area contributed by atoms with Crippen LogP contribution in [0, 0.1) is 4.77 Å². The molecular formula is C13H19N3O3S. The summed E-state index contributed by atoms with van der Waals surface area (Å²) in [6, 6.07) is 0. The molecular weight excluding hydrogens is 278 g/mol. The summed E-state index contributed by atoms with van der Waals surface area (Å²) in [5.41, 5.74) is 0.789. The van der Waals surface area contributed by atoms with Crippen molar-refractivity contribution in [2.75, 3.05) is 13.1 Å². The van der Waals surface area contributed by atoms with Crippen molar-refractivity contribution in [2.45, 2.75) is 39.2 Å². The lowest BCUT2D eigenvalue weighted by atomic mass is 10.1. The molecule has 0 bridgehead atoms. The SMILES string of the molecule is CC(C)(C)OC(=O)N1CCc2[nH]c(=S)[nH]c(=O)c2CC1. The van der Waals surface area contributed by atoms with Crippen LogP contribution in [0.15, 0.2) is 4.79 Å². The van der Waals surface area contributed by atoms with E-state index in [1.165, 1.54) is 0 Å². The summed E-state index contributed by atoms with van der Waals surface area (Å²) in [6.07, 6.45) is 0.721. The number of hydrogen-bond donors (Lipinski definition) is 2. The van der Waals surface area contributed by atoms with Crippen LogP contribution in [0.25, 0.3) is 0 Å². The van der Waals surface area contributed by atoms with E-state index in [0.717, 1.165) is 5.69 Å². The number of nitrogens with one attached hydrogen (secondary N) is 2. The molecule has 0 spiro atoms. The van der Waals surface area contributed by atoms with Gasteiger partial charge in [0.25, 0.3) is 5.56 Å². The van der Waals surface area contributed by atoms with Gasteiger partial charge in [-0.2, -0.15) is 0 Å². The molecule has 0 aromatic carbocycles. The van der Waals surface area contributed by atoms with E-state index in [4.69, 9.17) is 17.0 Å². The van der Waals surface area contributed by atoms with Gasteiger partial charge in [-0.25, -0.2) is 4.79 Å². The van der Waals surface area contributed by atoms with Crippen LogP contribution >= 0.6 is 12.2 Å². The van der Waals surface area contributed by atoms with Gasteiger partial charge in [0.05, 0.1) is 0 Å². The number of carbonyl (C=O) groups excluding carboxylic acids is 1. The van der Waals surface area contributed by atoms with Crippen LogP contribution in [-0.4, -0.2) is 39.7 Å². The fourth-order valence-electron chi connectivity index (χ4n) is 2.15. The Labute approximate surface area is 122 Å². The molecule has 6 nitrogen and oxygen atoms in total. The first-order chi connectivity index (χ1) is 9.26. The maximum absolute atomic E-state index is 12.1. The summed E-state index contributed by atoms with van der Waals surface area (Å²) in [5, 5.41) is 0. The highest BCUT2D eigenvalue weighted by Gasteiger charge is 2.25. The molecule has 1 aliphatic heterocycles. The minimum absolute atomic E-state index is 0.171. The number of aromatic amines is 2. The topological polar surface area (TPSA) is 78.2 Å². The molecule has 1 aromatic heterocycles. The summed E-state index contributed by atoms with van der Waals surface area (Å²) >= 11 is 4.97. The van der Waals surface area contributed by atoms with E-state index in [1.54, 1.807) is 4.90 Å². The number of aromatic nitrogens is 2. The van der Waals surface area contributed by atoms with Crippen LogP contribution in [0.5, 0.6) is 0 Å². The molecule has 1 aliphatic rings. The van der Waals surface area contributed by atoms with Gasteiger partial charge in [0.15, 0.2) is 4.77 Å². The number of ether oxygens (including phenoxy) is 1. The number of hydrogen-bond acceptors (Lipinski definition) is 4. The van der Waals surface area contributed by atoms with Crippen LogP contribution in [0.2, 0.25) is 0 Å². The normalized spacial score (nSPS) is 15.4. The van der Waals surface area contributed by atoms with Crippen molar-refractivity contribution < 1.29 is 9.53 Å². The quantitative estimate of drug-likeness (QED) is 0.715. The summed E-state index contributed by atoms with van der Waals surface area (Å²) < 4.78 is 5.67. The van der Waals surface area contributed by atoms with Crippen molar-refractivity contribution in [1.82, 2.24) is 14.9 Å². The Hall–Kier alpha value is -1.63. The number of rotatable bonds is 0. The second-order valence-electron chi connectivity index (χ2n) is 5.83. The summed E-state index contributed by atoms with van der Waals surface area (Å²) in [4.78, 5) is 31.1. The van der Waals surface area contributed by atoms with Gasteiger partial charge in [-0.3, -0.25) is 9.78 Å². The standard InChI is InChI=1S/C13H19N3O3S/c1-13(2,3)19-12(18)16-6-4-8-9(5-7-16)14-11(20)15-10(8)17/h4-7H2,1-3H3,(H2,14,15,17,20). The Kier molecular flexibility index (Phi) is 3.99. The first-order valence-corrected chi connectivity index (χ1v) is 6.99. The molecule has 1 aromatic rings. The molecule has 0 unspecified atom stereocenters. The molecule has 7 heteroatoms. The van der Waals surface area contributed by atoms with Gasteiger partial charge in [0.1, 0.15) is 5.60 Å². The first kappa shape index (κ1) is 14.8. The summed E-state index contributed by atoms with van der Waals surface area (Å²) in [6.45, 7) is 6.48. The molecule has 0 saturated carbocycles. The first-order valence-electron chi connectivity index (χ1n) is 6.58. The van der Waals surface area contributed by atoms with Crippen LogP contribution in [0.1, 0.15) is 32.0 Å². The number of fused-ring (bicyclic) bond motifs is 1. The fourth-order valence-corrected chi connectivity index (χ4v) is 2.37. The molecule has 2 rings (SSSR count). The van der Waals surface area contributed by atoms with Crippen molar-refractivity contribution in [1.29, 1.82) is 0 Å². The lowest BCUT2D eigenvalue weighted by Gasteiger charge is -2.26. The third-order valence-electron chi connectivity index (χ3n) is 3.04. The zero-order valence-corrected chi connectivity index (χ0v) is 12.7. The molecule has 110 valence electrons. The summed E-state index contributed by atoms with van der Waals surface area (Å²) in [7, 11) is 0. The number of carbonyl (C=O) groups is 1. The van der Waals surface area contributed by atoms with Gasteiger partial charge in [-0.1, -0.05) is 0 Å². The van der Waals surface area contributed by atoms with E-state index < -0.39 is 5.60 Å². The average Bonchev–Trinajstić information content (AvgIpc) is 2.49. The zero-order valence-electron chi connectivity index (χ0n) is 11.9. The van der Waals surface area contributed by atoms with E-state index >= 15 is 0 Å².